The summed E-state index contributed by atoms with van der Waals surface area (Å²) in [5.74, 6) is 0. The molecule has 0 amide bonds. The van der Waals surface area contributed by atoms with Crippen molar-refractivity contribution in [1.82, 2.24) is 0 Å². The lowest BCUT2D eigenvalue weighted by molar-refractivity contribution is 0.180. The highest BCUT2D eigenvalue weighted by Crippen LogP contribution is 2.56. The number of carbonyl (C=O) groups excluding carboxylic acids is 1. The Bertz CT molecular complexity index is 689. The SMILES string of the molecule is CCOC(=O)[P+](c1ccccc1)(c1ccccc1)c1ccccc1. The van der Waals surface area contributed by atoms with Gasteiger partial charge in [0, 0.05) is 0 Å². The minimum atomic E-state index is -2.52. The van der Waals surface area contributed by atoms with E-state index in [4.69, 9.17) is 4.74 Å². The number of ether oxygens (including phenoxy) is 1. The Labute approximate surface area is 143 Å². The van der Waals surface area contributed by atoms with Gasteiger partial charge in [-0.2, -0.15) is 0 Å². The van der Waals surface area contributed by atoms with E-state index in [1.807, 2.05) is 97.9 Å². The van der Waals surface area contributed by atoms with E-state index < -0.39 is 7.26 Å². The van der Waals surface area contributed by atoms with E-state index in [0.717, 1.165) is 15.9 Å². The minimum absolute atomic E-state index is 0.145. The molecule has 0 atom stereocenters. The van der Waals surface area contributed by atoms with Crippen LogP contribution < -0.4 is 15.9 Å². The Hall–Kier alpha value is -2.44. The second-order valence-electron chi connectivity index (χ2n) is 5.38. The van der Waals surface area contributed by atoms with E-state index in [9.17, 15) is 4.79 Å². The molecule has 0 unspecified atom stereocenters. The van der Waals surface area contributed by atoms with Crippen LogP contribution in [0.2, 0.25) is 0 Å². The van der Waals surface area contributed by atoms with Gasteiger partial charge in [0.15, 0.2) is 0 Å². The first-order valence-electron chi connectivity index (χ1n) is 8.03. The molecule has 0 aliphatic rings. The topological polar surface area (TPSA) is 26.3 Å². The fraction of sp³-hybridized carbons (Fsp3) is 0.0952. The summed E-state index contributed by atoms with van der Waals surface area (Å²) in [7, 11) is -2.52. The molecule has 0 heterocycles. The molecule has 3 aromatic rings. The normalized spacial score (nSPS) is 11.0. The molecule has 0 radical (unpaired) electrons. The Kier molecular flexibility index (Phi) is 5.08. The lowest BCUT2D eigenvalue weighted by Gasteiger charge is -2.23. The van der Waals surface area contributed by atoms with Crippen LogP contribution in [0.5, 0.6) is 0 Å². The first kappa shape index (κ1) is 16.4. The summed E-state index contributed by atoms with van der Waals surface area (Å²) in [5.41, 5.74) is -0.145. The van der Waals surface area contributed by atoms with Crippen LogP contribution >= 0.6 is 7.26 Å². The van der Waals surface area contributed by atoms with Crippen LogP contribution in [0.15, 0.2) is 91.0 Å². The largest absolute Gasteiger partial charge is 0.466 e. The summed E-state index contributed by atoms with van der Waals surface area (Å²) in [6.45, 7) is 2.22. The standard InChI is InChI=1S/C21H20O2P/c1-2-23-21(22)24(18-12-6-3-7-13-18,19-14-8-4-9-15-19)20-16-10-5-11-17-20/h3-17H,2H2,1H3/q+1. The molecule has 3 aromatic carbocycles. The first-order valence-corrected chi connectivity index (χ1v) is 9.82. The Balaban J connectivity index is 2.35. The molecule has 0 aliphatic carbocycles. The van der Waals surface area contributed by atoms with E-state index in [2.05, 4.69) is 0 Å². The third-order valence-corrected chi connectivity index (χ3v) is 7.87. The molecule has 0 saturated heterocycles. The predicted molar refractivity (Wildman–Crippen MR) is 102 cm³/mol. The Morgan fingerprint density at radius 2 is 1.04 bits per heavy atom. The van der Waals surface area contributed by atoms with E-state index in [-0.39, 0.29) is 5.71 Å². The van der Waals surface area contributed by atoms with Crippen LogP contribution in [-0.2, 0) is 4.74 Å². The maximum atomic E-state index is 13.3. The Morgan fingerprint density at radius 1 is 0.708 bits per heavy atom. The molecule has 0 fully saturated rings. The quantitative estimate of drug-likeness (QED) is 0.655. The zero-order valence-corrected chi connectivity index (χ0v) is 14.5. The molecule has 3 heteroatoms. The van der Waals surface area contributed by atoms with Crippen LogP contribution in [-0.4, -0.2) is 12.3 Å². The molecule has 0 bridgehead atoms. The molecule has 24 heavy (non-hydrogen) atoms. The van der Waals surface area contributed by atoms with E-state index in [1.165, 1.54) is 0 Å². The lowest BCUT2D eigenvalue weighted by Crippen LogP contribution is -2.36. The number of rotatable bonds is 5. The minimum Gasteiger partial charge on any atom is -0.436 e. The lowest BCUT2D eigenvalue weighted by atomic mass is 10.4. The van der Waals surface area contributed by atoms with Crippen LogP contribution in [0.25, 0.3) is 0 Å². The number of benzene rings is 3. The molecule has 2 nitrogen and oxygen atoms in total. The fourth-order valence-corrected chi connectivity index (χ4v) is 6.65. The maximum Gasteiger partial charge on any atom is 0.466 e. The molecule has 120 valence electrons. The van der Waals surface area contributed by atoms with Crippen molar-refractivity contribution in [2.24, 2.45) is 0 Å². The van der Waals surface area contributed by atoms with Crippen molar-refractivity contribution in [3.05, 3.63) is 91.0 Å². The van der Waals surface area contributed by atoms with E-state index >= 15 is 0 Å². The van der Waals surface area contributed by atoms with Gasteiger partial charge in [-0.05, 0) is 43.3 Å². The summed E-state index contributed by atoms with van der Waals surface area (Å²) in [5, 5.41) is 3.04. The summed E-state index contributed by atoms with van der Waals surface area (Å²) < 4.78 is 5.58. The summed E-state index contributed by atoms with van der Waals surface area (Å²) >= 11 is 0. The van der Waals surface area contributed by atoms with Gasteiger partial charge in [-0.25, -0.2) is 4.79 Å². The average Bonchev–Trinajstić information content (AvgIpc) is 2.65. The van der Waals surface area contributed by atoms with Gasteiger partial charge < -0.3 is 4.74 Å². The third kappa shape index (κ3) is 2.86. The number of hydrogen-bond acceptors (Lipinski definition) is 2. The van der Waals surface area contributed by atoms with Gasteiger partial charge in [-0.1, -0.05) is 54.6 Å². The highest BCUT2D eigenvalue weighted by molar-refractivity contribution is 8.07. The van der Waals surface area contributed by atoms with Crippen molar-refractivity contribution >= 4 is 28.9 Å². The molecule has 0 spiro atoms. The van der Waals surface area contributed by atoms with E-state index in [0.29, 0.717) is 6.61 Å². The maximum absolute atomic E-state index is 13.3. The molecular formula is C21H20O2P+. The van der Waals surface area contributed by atoms with Gasteiger partial charge >= 0.3 is 5.71 Å². The van der Waals surface area contributed by atoms with Crippen LogP contribution in [0, 0.1) is 0 Å². The molecule has 0 aliphatic heterocycles. The van der Waals surface area contributed by atoms with Crippen molar-refractivity contribution < 1.29 is 9.53 Å². The van der Waals surface area contributed by atoms with Crippen LogP contribution in [0.3, 0.4) is 0 Å². The van der Waals surface area contributed by atoms with Crippen LogP contribution in [0.4, 0.5) is 4.79 Å². The predicted octanol–water partition coefficient (Wildman–Crippen LogP) is 4.14. The monoisotopic (exact) mass is 335 g/mol. The molecule has 0 aromatic heterocycles. The zero-order valence-electron chi connectivity index (χ0n) is 13.6. The van der Waals surface area contributed by atoms with E-state index in [1.54, 1.807) is 0 Å². The van der Waals surface area contributed by atoms with Crippen molar-refractivity contribution in [1.29, 1.82) is 0 Å². The molecule has 3 rings (SSSR count). The number of carbonyl (C=O) groups is 1. The van der Waals surface area contributed by atoms with Gasteiger partial charge in [0.1, 0.15) is 15.9 Å². The van der Waals surface area contributed by atoms with Gasteiger partial charge in [0.2, 0.25) is 7.26 Å². The van der Waals surface area contributed by atoms with Crippen molar-refractivity contribution in [3.63, 3.8) is 0 Å². The van der Waals surface area contributed by atoms with Crippen molar-refractivity contribution in [2.45, 2.75) is 6.92 Å². The summed E-state index contributed by atoms with van der Waals surface area (Å²) in [4.78, 5) is 13.3. The number of hydrogen-bond donors (Lipinski definition) is 0. The fourth-order valence-electron chi connectivity index (χ4n) is 2.94. The van der Waals surface area contributed by atoms with Gasteiger partial charge in [0.25, 0.3) is 0 Å². The highest BCUT2D eigenvalue weighted by Gasteiger charge is 2.55. The molecular weight excluding hydrogens is 315 g/mol. The smallest absolute Gasteiger partial charge is 0.436 e. The zero-order chi connectivity index (χ0) is 16.8. The van der Waals surface area contributed by atoms with Crippen molar-refractivity contribution in [3.8, 4) is 0 Å². The summed E-state index contributed by atoms with van der Waals surface area (Å²) in [6.07, 6.45) is 0. The van der Waals surface area contributed by atoms with Crippen LogP contribution in [0.1, 0.15) is 6.92 Å². The van der Waals surface area contributed by atoms with Gasteiger partial charge in [0.05, 0.1) is 6.61 Å². The van der Waals surface area contributed by atoms with Gasteiger partial charge in [-0.15, -0.1) is 0 Å². The first-order chi connectivity index (χ1) is 11.8. The highest BCUT2D eigenvalue weighted by atomic mass is 31.2. The molecule has 0 N–H and O–H groups in total. The second-order valence-corrected chi connectivity index (χ2v) is 8.63. The second kappa shape index (κ2) is 7.42. The average molecular weight is 335 g/mol. The van der Waals surface area contributed by atoms with Crippen molar-refractivity contribution in [2.75, 3.05) is 6.61 Å². The third-order valence-electron chi connectivity index (χ3n) is 3.97. The Morgan fingerprint density at radius 3 is 1.33 bits per heavy atom. The summed E-state index contributed by atoms with van der Waals surface area (Å²) in [6, 6.07) is 30.0. The van der Waals surface area contributed by atoms with Gasteiger partial charge in [-0.3, -0.25) is 0 Å². The molecule has 0 saturated carbocycles.